The van der Waals surface area contributed by atoms with Gasteiger partial charge in [-0.1, -0.05) is 17.7 Å². The van der Waals surface area contributed by atoms with Gasteiger partial charge in [0, 0.05) is 11.6 Å². The molecule has 1 heterocycles. The number of hydrogen-bond donors (Lipinski definition) is 1. The maximum atomic E-state index is 5.89. The van der Waals surface area contributed by atoms with Crippen LogP contribution in [-0.2, 0) is 6.54 Å². The summed E-state index contributed by atoms with van der Waals surface area (Å²) >= 11 is 5.89. The van der Waals surface area contributed by atoms with Crippen LogP contribution in [-0.4, -0.2) is 12.6 Å². The summed E-state index contributed by atoms with van der Waals surface area (Å²) in [6, 6.07) is 11.2. The Morgan fingerprint density at radius 2 is 2.22 bits per heavy atom. The highest BCUT2D eigenvalue weighted by atomic mass is 35.5. The molecule has 0 fully saturated rings. The van der Waals surface area contributed by atoms with E-state index >= 15 is 0 Å². The minimum atomic E-state index is 0.0680. The molecule has 0 spiro atoms. The number of halogens is 1. The highest BCUT2D eigenvalue weighted by Crippen LogP contribution is 2.18. The third-order valence-corrected chi connectivity index (χ3v) is 2.68. The molecular formula is C14H16ClNO2. The smallest absolute Gasteiger partial charge is 0.121 e. The molecule has 4 heteroatoms. The molecule has 0 amide bonds. The minimum absolute atomic E-state index is 0.0680. The summed E-state index contributed by atoms with van der Waals surface area (Å²) in [7, 11) is 0. The first-order valence-electron chi connectivity index (χ1n) is 5.89. The SMILES string of the molecule is CC(CNCc1ccco1)Oc1cccc(Cl)c1. The van der Waals surface area contributed by atoms with Crippen LogP contribution >= 0.6 is 11.6 Å². The number of hydrogen-bond acceptors (Lipinski definition) is 3. The summed E-state index contributed by atoms with van der Waals surface area (Å²) in [6.45, 7) is 3.46. The Morgan fingerprint density at radius 3 is 2.94 bits per heavy atom. The van der Waals surface area contributed by atoms with Crippen LogP contribution in [0.25, 0.3) is 0 Å². The highest BCUT2D eigenvalue weighted by Gasteiger charge is 2.04. The molecule has 1 aromatic carbocycles. The van der Waals surface area contributed by atoms with Crippen molar-refractivity contribution in [3.8, 4) is 5.75 Å². The van der Waals surface area contributed by atoms with Gasteiger partial charge in [0.2, 0.25) is 0 Å². The first-order chi connectivity index (χ1) is 8.74. The number of rotatable bonds is 6. The molecule has 0 aliphatic carbocycles. The van der Waals surface area contributed by atoms with E-state index in [1.807, 2.05) is 43.3 Å². The predicted octanol–water partition coefficient (Wildman–Crippen LogP) is 3.49. The second-order valence-electron chi connectivity index (χ2n) is 4.10. The molecule has 96 valence electrons. The van der Waals surface area contributed by atoms with Gasteiger partial charge in [0.05, 0.1) is 12.8 Å². The van der Waals surface area contributed by atoms with Crippen LogP contribution in [0.5, 0.6) is 5.75 Å². The average molecular weight is 266 g/mol. The molecule has 0 aliphatic rings. The van der Waals surface area contributed by atoms with Crippen molar-refractivity contribution < 1.29 is 9.15 Å². The van der Waals surface area contributed by atoms with Crippen LogP contribution in [0.1, 0.15) is 12.7 Å². The Balaban J connectivity index is 1.73. The molecule has 0 bridgehead atoms. The van der Waals surface area contributed by atoms with E-state index in [4.69, 9.17) is 20.8 Å². The number of furan rings is 1. The largest absolute Gasteiger partial charge is 0.489 e. The molecule has 3 nitrogen and oxygen atoms in total. The van der Waals surface area contributed by atoms with E-state index in [0.29, 0.717) is 11.6 Å². The van der Waals surface area contributed by atoms with Gasteiger partial charge in [-0.2, -0.15) is 0 Å². The maximum Gasteiger partial charge on any atom is 0.121 e. The molecule has 0 saturated carbocycles. The molecule has 2 aromatic rings. The molecule has 0 radical (unpaired) electrons. The van der Waals surface area contributed by atoms with Crippen LogP contribution in [0.15, 0.2) is 47.1 Å². The zero-order valence-electron chi connectivity index (χ0n) is 10.2. The van der Waals surface area contributed by atoms with Crippen LogP contribution in [0.3, 0.4) is 0 Å². The van der Waals surface area contributed by atoms with Gasteiger partial charge in [0.25, 0.3) is 0 Å². The van der Waals surface area contributed by atoms with Crippen LogP contribution < -0.4 is 10.1 Å². The Morgan fingerprint density at radius 1 is 1.33 bits per heavy atom. The van der Waals surface area contributed by atoms with E-state index in [-0.39, 0.29) is 6.10 Å². The van der Waals surface area contributed by atoms with Crippen molar-refractivity contribution in [2.24, 2.45) is 0 Å². The van der Waals surface area contributed by atoms with Crippen molar-refractivity contribution in [3.63, 3.8) is 0 Å². The van der Waals surface area contributed by atoms with Crippen molar-refractivity contribution in [3.05, 3.63) is 53.4 Å². The van der Waals surface area contributed by atoms with E-state index in [1.165, 1.54) is 0 Å². The minimum Gasteiger partial charge on any atom is -0.489 e. The van der Waals surface area contributed by atoms with E-state index in [2.05, 4.69) is 5.32 Å². The fraction of sp³-hybridized carbons (Fsp3) is 0.286. The molecule has 18 heavy (non-hydrogen) atoms. The van der Waals surface area contributed by atoms with Gasteiger partial charge in [-0.3, -0.25) is 0 Å². The fourth-order valence-corrected chi connectivity index (χ4v) is 1.81. The lowest BCUT2D eigenvalue weighted by molar-refractivity contribution is 0.215. The van der Waals surface area contributed by atoms with Gasteiger partial charge in [-0.15, -0.1) is 0 Å². The maximum absolute atomic E-state index is 5.89. The van der Waals surface area contributed by atoms with Gasteiger partial charge < -0.3 is 14.5 Å². The summed E-state index contributed by atoms with van der Waals surface area (Å²) in [4.78, 5) is 0. The Kier molecular flexibility index (Phi) is 4.67. The van der Waals surface area contributed by atoms with E-state index in [0.717, 1.165) is 18.1 Å². The van der Waals surface area contributed by atoms with Crippen molar-refractivity contribution in [1.82, 2.24) is 5.32 Å². The van der Waals surface area contributed by atoms with Crippen molar-refractivity contribution in [2.75, 3.05) is 6.54 Å². The highest BCUT2D eigenvalue weighted by molar-refractivity contribution is 6.30. The van der Waals surface area contributed by atoms with Gasteiger partial charge in [0.1, 0.15) is 17.6 Å². The lowest BCUT2D eigenvalue weighted by Crippen LogP contribution is -2.28. The molecule has 1 aromatic heterocycles. The summed E-state index contributed by atoms with van der Waals surface area (Å²) < 4.78 is 11.0. The monoisotopic (exact) mass is 265 g/mol. The predicted molar refractivity (Wildman–Crippen MR) is 72.0 cm³/mol. The summed E-state index contributed by atoms with van der Waals surface area (Å²) in [5, 5.41) is 3.95. The quantitative estimate of drug-likeness (QED) is 0.868. The molecule has 2 rings (SSSR count). The van der Waals surface area contributed by atoms with Crippen molar-refractivity contribution in [1.29, 1.82) is 0 Å². The second kappa shape index (κ2) is 6.47. The molecular weight excluding hydrogens is 250 g/mol. The zero-order chi connectivity index (χ0) is 12.8. The standard InChI is InChI=1S/C14H16ClNO2/c1-11(9-16-10-14-6-3-7-17-14)18-13-5-2-4-12(15)8-13/h2-8,11,16H,9-10H2,1H3. The van der Waals surface area contributed by atoms with Gasteiger partial charge in [-0.25, -0.2) is 0 Å². The first kappa shape index (κ1) is 13.0. The topological polar surface area (TPSA) is 34.4 Å². The average Bonchev–Trinajstić information content (AvgIpc) is 2.82. The molecule has 1 unspecified atom stereocenters. The normalized spacial score (nSPS) is 12.3. The fourth-order valence-electron chi connectivity index (χ4n) is 1.63. The third kappa shape index (κ3) is 4.09. The number of ether oxygens (including phenoxy) is 1. The summed E-state index contributed by atoms with van der Waals surface area (Å²) in [5.74, 6) is 1.71. The number of nitrogens with one attached hydrogen (secondary N) is 1. The van der Waals surface area contributed by atoms with Crippen LogP contribution in [0.4, 0.5) is 0 Å². The molecule has 0 saturated heterocycles. The van der Waals surface area contributed by atoms with Crippen molar-refractivity contribution in [2.45, 2.75) is 19.6 Å². The first-order valence-corrected chi connectivity index (χ1v) is 6.27. The van der Waals surface area contributed by atoms with Crippen molar-refractivity contribution >= 4 is 11.6 Å². The van der Waals surface area contributed by atoms with Gasteiger partial charge in [0.15, 0.2) is 0 Å². The Hall–Kier alpha value is -1.45. The lowest BCUT2D eigenvalue weighted by atomic mass is 10.3. The van der Waals surface area contributed by atoms with E-state index in [1.54, 1.807) is 6.26 Å². The van der Waals surface area contributed by atoms with Crippen LogP contribution in [0.2, 0.25) is 5.02 Å². The van der Waals surface area contributed by atoms with Gasteiger partial charge >= 0.3 is 0 Å². The zero-order valence-corrected chi connectivity index (χ0v) is 11.0. The summed E-state index contributed by atoms with van der Waals surface area (Å²) in [5.41, 5.74) is 0. The molecule has 1 atom stereocenters. The lowest BCUT2D eigenvalue weighted by Gasteiger charge is -2.15. The van der Waals surface area contributed by atoms with E-state index in [9.17, 15) is 0 Å². The number of benzene rings is 1. The Labute approximate surface area is 112 Å². The van der Waals surface area contributed by atoms with Gasteiger partial charge in [-0.05, 0) is 37.3 Å². The molecule has 1 N–H and O–H groups in total. The molecule has 0 aliphatic heterocycles. The summed E-state index contributed by atoms with van der Waals surface area (Å²) in [6.07, 6.45) is 1.74. The van der Waals surface area contributed by atoms with E-state index < -0.39 is 0 Å². The van der Waals surface area contributed by atoms with Crippen LogP contribution in [0, 0.1) is 0 Å². The Bertz CT molecular complexity index is 470. The third-order valence-electron chi connectivity index (χ3n) is 2.44. The second-order valence-corrected chi connectivity index (χ2v) is 4.53.